The Hall–Kier alpha value is -1.29. The van der Waals surface area contributed by atoms with E-state index >= 15 is 0 Å². The molecule has 0 heterocycles. The zero-order valence-electron chi connectivity index (χ0n) is 6.99. The monoisotopic (exact) mass is 201 g/mol. The lowest BCUT2D eigenvalue weighted by molar-refractivity contribution is -0.385. The van der Waals surface area contributed by atoms with Crippen molar-refractivity contribution in [1.29, 1.82) is 0 Å². The molecule has 4 nitrogen and oxygen atoms in total. The number of non-ortho nitro benzene ring substituents is 1. The van der Waals surface area contributed by atoms with E-state index in [1.807, 2.05) is 0 Å². The highest BCUT2D eigenvalue weighted by Gasteiger charge is 2.09. The second kappa shape index (κ2) is 4.09. The number of ether oxygens (including phenoxy) is 1. The molecule has 0 radical (unpaired) electrons. The van der Waals surface area contributed by atoms with E-state index in [4.69, 9.17) is 16.3 Å². The molecule has 0 unspecified atom stereocenters. The van der Waals surface area contributed by atoms with E-state index in [-0.39, 0.29) is 11.6 Å². The average Bonchev–Trinajstić information content (AvgIpc) is 2.16. The van der Waals surface area contributed by atoms with Crippen LogP contribution in [0.5, 0.6) is 5.75 Å². The van der Waals surface area contributed by atoms with Crippen LogP contribution in [0.25, 0.3) is 0 Å². The van der Waals surface area contributed by atoms with E-state index in [0.717, 1.165) is 0 Å². The summed E-state index contributed by atoms with van der Waals surface area (Å²) in [5, 5.41) is 10.4. The lowest BCUT2D eigenvalue weighted by Gasteiger charge is -2.01. The molecular weight excluding hydrogens is 194 g/mol. The Balaban J connectivity index is 3.14. The van der Waals surface area contributed by atoms with E-state index in [2.05, 4.69) is 0 Å². The Morgan fingerprint density at radius 2 is 2.23 bits per heavy atom. The molecule has 13 heavy (non-hydrogen) atoms. The summed E-state index contributed by atoms with van der Waals surface area (Å²) in [6.07, 6.45) is 0. The number of nitro benzene ring substituents is 1. The predicted octanol–water partition coefficient (Wildman–Crippen LogP) is 2.34. The van der Waals surface area contributed by atoms with Crippen LogP contribution in [0.3, 0.4) is 0 Å². The third-order valence-electron chi connectivity index (χ3n) is 1.55. The fraction of sp³-hybridized carbons (Fsp3) is 0.250. The summed E-state index contributed by atoms with van der Waals surface area (Å²) in [4.78, 5) is 9.97. The zero-order valence-corrected chi connectivity index (χ0v) is 7.75. The molecule has 0 N–H and O–H groups in total. The topological polar surface area (TPSA) is 52.4 Å². The number of alkyl halides is 1. The van der Waals surface area contributed by atoms with Gasteiger partial charge in [-0.3, -0.25) is 10.1 Å². The van der Waals surface area contributed by atoms with Crippen LogP contribution in [0.15, 0.2) is 18.2 Å². The quantitative estimate of drug-likeness (QED) is 0.429. The van der Waals surface area contributed by atoms with Crippen molar-refractivity contribution in [3.8, 4) is 5.75 Å². The van der Waals surface area contributed by atoms with Gasteiger partial charge in [0.05, 0.1) is 18.1 Å². The number of methoxy groups -OCH3 is 1. The van der Waals surface area contributed by atoms with Gasteiger partial charge >= 0.3 is 0 Å². The minimum atomic E-state index is -0.474. The van der Waals surface area contributed by atoms with Crippen LogP contribution in [0.4, 0.5) is 5.69 Å². The molecule has 0 aliphatic carbocycles. The molecule has 0 spiro atoms. The molecule has 0 aliphatic heterocycles. The maximum absolute atomic E-state index is 10.4. The second-order valence-electron chi connectivity index (χ2n) is 2.43. The number of rotatable bonds is 3. The van der Waals surface area contributed by atoms with E-state index in [1.165, 1.54) is 19.2 Å². The smallest absolute Gasteiger partial charge is 0.273 e. The molecule has 0 saturated carbocycles. The van der Waals surface area contributed by atoms with Crippen molar-refractivity contribution < 1.29 is 9.66 Å². The summed E-state index contributed by atoms with van der Waals surface area (Å²) in [7, 11) is 1.46. The summed E-state index contributed by atoms with van der Waals surface area (Å²) >= 11 is 5.55. The molecule has 0 saturated heterocycles. The van der Waals surface area contributed by atoms with E-state index in [9.17, 15) is 10.1 Å². The van der Waals surface area contributed by atoms with Crippen molar-refractivity contribution in [3.63, 3.8) is 0 Å². The third-order valence-corrected chi connectivity index (χ3v) is 1.86. The van der Waals surface area contributed by atoms with Crippen LogP contribution in [-0.4, -0.2) is 12.0 Å². The number of hydrogen-bond acceptors (Lipinski definition) is 3. The highest BCUT2D eigenvalue weighted by molar-refractivity contribution is 6.17. The highest BCUT2D eigenvalue weighted by atomic mass is 35.5. The van der Waals surface area contributed by atoms with Gasteiger partial charge in [0.25, 0.3) is 5.69 Å². The van der Waals surface area contributed by atoms with Gasteiger partial charge in [-0.15, -0.1) is 11.6 Å². The van der Waals surface area contributed by atoms with E-state index < -0.39 is 4.92 Å². The Bertz CT molecular complexity index is 305. The number of nitro groups is 1. The first-order valence-corrected chi connectivity index (χ1v) is 4.09. The van der Waals surface area contributed by atoms with Gasteiger partial charge in [0.2, 0.25) is 0 Å². The van der Waals surface area contributed by atoms with Gasteiger partial charge in [-0.2, -0.15) is 0 Å². The summed E-state index contributed by atoms with van der Waals surface area (Å²) in [5.74, 6) is 0.683. The minimum Gasteiger partial charge on any atom is -0.496 e. The molecule has 0 bridgehead atoms. The fourth-order valence-electron chi connectivity index (χ4n) is 0.944. The Morgan fingerprint density at radius 1 is 1.54 bits per heavy atom. The predicted molar refractivity (Wildman–Crippen MR) is 49.2 cm³/mol. The minimum absolute atomic E-state index is 0.00463. The summed E-state index contributed by atoms with van der Waals surface area (Å²) in [5.41, 5.74) is 0.669. The first-order chi connectivity index (χ1) is 6.17. The molecule has 1 aromatic rings. The maximum atomic E-state index is 10.4. The first kappa shape index (κ1) is 9.80. The van der Waals surface area contributed by atoms with Gasteiger partial charge in [-0.05, 0) is 11.6 Å². The lowest BCUT2D eigenvalue weighted by atomic mass is 10.2. The molecule has 1 aromatic carbocycles. The number of hydrogen-bond donors (Lipinski definition) is 0. The van der Waals surface area contributed by atoms with E-state index in [1.54, 1.807) is 6.07 Å². The molecule has 1 rings (SSSR count). The van der Waals surface area contributed by atoms with Gasteiger partial charge < -0.3 is 4.74 Å². The van der Waals surface area contributed by atoms with Gasteiger partial charge in [-0.1, -0.05) is 0 Å². The maximum Gasteiger partial charge on any atom is 0.273 e. The first-order valence-electron chi connectivity index (χ1n) is 3.55. The van der Waals surface area contributed by atoms with Crippen molar-refractivity contribution in [2.45, 2.75) is 5.88 Å². The molecule has 0 aromatic heterocycles. The Kier molecular flexibility index (Phi) is 3.08. The lowest BCUT2D eigenvalue weighted by Crippen LogP contribution is -1.92. The van der Waals surface area contributed by atoms with Crippen LogP contribution in [0.2, 0.25) is 0 Å². The van der Waals surface area contributed by atoms with Crippen molar-refractivity contribution in [1.82, 2.24) is 0 Å². The van der Waals surface area contributed by atoms with E-state index in [0.29, 0.717) is 11.3 Å². The molecule has 5 heteroatoms. The van der Waals surface area contributed by atoms with Gasteiger partial charge in [0.1, 0.15) is 5.75 Å². The van der Waals surface area contributed by atoms with Crippen LogP contribution >= 0.6 is 11.6 Å². The summed E-state index contributed by atoms with van der Waals surface area (Å²) < 4.78 is 4.88. The standard InChI is InChI=1S/C8H8ClNO3/c1-13-8-3-6(5-9)2-7(4-8)10(11)12/h2-4H,5H2,1H3. The molecule has 0 aliphatic rings. The number of benzene rings is 1. The number of halogens is 1. The summed E-state index contributed by atoms with van der Waals surface area (Å²) in [6.45, 7) is 0. The third kappa shape index (κ3) is 2.32. The largest absolute Gasteiger partial charge is 0.496 e. The highest BCUT2D eigenvalue weighted by Crippen LogP contribution is 2.23. The van der Waals surface area contributed by atoms with Crippen molar-refractivity contribution >= 4 is 17.3 Å². The van der Waals surface area contributed by atoms with Crippen molar-refractivity contribution in [2.24, 2.45) is 0 Å². The normalized spacial score (nSPS) is 9.69. The molecule has 0 amide bonds. The molecule has 70 valence electrons. The average molecular weight is 202 g/mol. The summed E-state index contributed by atoms with van der Waals surface area (Å²) in [6, 6.07) is 4.45. The van der Waals surface area contributed by atoms with Crippen LogP contribution in [-0.2, 0) is 5.88 Å². The fourth-order valence-corrected chi connectivity index (χ4v) is 1.10. The van der Waals surface area contributed by atoms with Crippen molar-refractivity contribution in [2.75, 3.05) is 7.11 Å². The van der Waals surface area contributed by atoms with Gasteiger partial charge in [0, 0.05) is 11.9 Å². The van der Waals surface area contributed by atoms with Crippen LogP contribution in [0.1, 0.15) is 5.56 Å². The second-order valence-corrected chi connectivity index (χ2v) is 2.70. The number of nitrogens with zero attached hydrogens (tertiary/aromatic N) is 1. The van der Waals surface area contributed by atoms with Crippen molar-refractivity contribution in [3.05, 3.63) is 33.9 Å². The Labute approximate surface area is 80.2 Å². The van der Waals surface area contributed by atoms with Crippen LogP contribution in [0, 0.1) is 10.1 Å². The SMILES string of the molecule is COc1cc(CCl)cc([N+](=O)[O-])c1. The molecule has 0 fully saturated rings. The zero-order chi connectivity index (χ0) is 9.84. The van der Waals surface area contributed by atoms with Gasteiger partial charge in [0.15, 0.2) is 0 Å². The van der Waals surface area contributed by atoms with Gasteiger partial charge in [-0.25, -0.2) is 0 Å². The molecule has 0 atom stereocenters. The van der Waals surface area contributed by atoms with Crippen LogP contribution < -0.4 is 4.74 Å². The Morgan fingerprint density at radius 3 is 2.69 bits per heavy atom. The molecular formula is C8H8ClNO3.